The number of amides is 1. The van der Waals surface area contributed by atoms with Gasteiger partial charge in [0.2, 0.25) is 5.91 Å². The molecular weight excluding hydrogens is 452 g/mol. The van der Waals surface area contributed by atoms with Crippen LogP contribution in [0.3, 0.4) is 0 Å². The average molecular weight is 473 g/mol. The number of benzene rings is 3. The van der Waals surface area contributed by atoms with Gasteiger partial charge in [-0.15, -0.1) is 0 Å². The maximum atomic E-state index is 13.3. The van der Waals surface area contributed by atoms with Gasteiger partial charge in [0.1, 0.15) is 6.54 Å². The highest BCUT2D eigenvalue weighted by Crippen LogP contribution is 2.25. The molecule has 0 aromatic heterocycles. The van der Waals surface area contributed by atoms with Gasteiger partial charge in [0.25, 0.3) is 10.0 Å². The Labute approximate surface area is 179 Å². The molecule has 0 aliphatic carbocycles. The lowest BCUT2D eigenvalue weighted by atomic mass is 10.2. The largest absolute Gasteiger partial charge is 0.323 e. The van der Waals surface area contributed by atoms with Gasteiger partial charge >= 0.3 is 0 Å². The molecule has 1 amide bonds. The van der Waals surface area contributed by atoms with Crippen LogP contribution in [-0.4, -0.2) is 20.9 Å². The lowest BCUT2D eigenvalue weighted by Crippen LogP contribution is -2.38. The van der Waals surface area contributed by atoms with Crippen LogP contribution >= 0.6 is 15.9 Å². The van der Waals surface area contributed by atoms with Crippen molar-refractivity contribution in [3.63, 3.8) is 0 Å². The highest BCUT2D eigenvalue weighted by atomic mass is 79.9. The smallest absolute Gasteiger partial charge is 0.264 e. The number of carbonyl (C=O) groups is 1. The highest BCUT2D eigenvalue weighted by molar-refractivity contribution is 9.10. The maximum Gasteiger partial charge on any atom is 0.264 e. The molecular formula is C22H21BrN2O3S. The number of rotatable bonds is 6. The lowest BCUT2D eigenvalue weighted by Gasteiger charge is -2.24. The Morgan fingerprint density at radius 2 is 1.45 bits per heavy atom. The molecule has 7 heteroatoms. The van der Waals surface area contributed by atoms with Gasteiger partial charge in [0, 0.05) is 4.47 Å². The van der Waals surface area contributed by atoms with Crippen LogP contribution < -0.4 is 9.62 Å². The quantitative estimate of drug-likeness (QED) is 0.554. The standard InChI is InChI=1S/C22H21BrN2O3S/c1-16-7-11-18(12-8-16)25(29(27,28)19-13-9-17(2)10-14-19)15-22(26)24-21-6-4-3-5-20(21)23/h3-14H,15H2,1-2H3,(H,24,26). The number of sulfonamides is 1. The predicted octanol–water partition coefficient (Wildman–Crippen LogP) is 4.90. The van der Waals surface area contributed by atoms with Crippen molar-refractivity contribution < 1.29 is 13.2 Å². The second kappa shape index (κ2) is 8.80. The summed E-state index contributed by atoms with van der Waals surface area (Å²) in [5.41, 5.74) is 2.96. The Bertz CT molecular complexity index is 1110. The first-order valence-electron chi connectivity index (χ1n) is 8.98. The van der Waals surface area contributed by atoms with E-state index in [0.29, 0.717) is 11.4 Å². The second-order valence-corrected chi connectivity index (χ2v) is 9.40. The number of nitrogens with one attached hydrogen (secondary N) is 1. The van der Waals surface area contributed by atoms with Crippen LogP contribution in [0.5, 0.6) is 0 Å². The molecule has 0 saturated carbocycles. The molecule has 0 heterocycles. The molecule has 0 fully saturated rings. The van der Waals surface area contributed by atoms with Gasteiger partial charge < -0.3 is 5.32 Å². The fraction of sp³-hybridized carbons (Fsp3) is 0.136. The molecule has 5 nitrogen and oxygen atoms in total. The van der Waals surface area contributed by atoms with Gasteiger partial charge in [0.15, 0.2) is 0 Å². The van der Waals surface area contributed by atoms with Crippen molar-refractivity contribution in [3.05, 3.63) is 88.4 Å². The summed E-state index contributed by atoms with van der Waals surface area (Å²) in [6.07, 6.45) is 0. The third-order valence-corrected chi connectivity index (χ3v) is 6.85. The van der Waals surface area contributed by atoms with Crippen molar-refractivity contribution in [1.29, 1.82) is 0 Å². The Morgan fingerprint density at radius 1 is 0.897 bits per heavy atom. The van der Waals surface area contributed by atoms with Gasteiger partial charge in [-0.3, -0.25) is 9.10 Å². The molecule has 3 aromatic rings. The van der Waals surface area contributed by atoms with Gasteiger partial charge in [-0.2, -0.15) is 0 Å². The van der Waals surface area contributed by atoms with E-state index >= 15 is 0 Å². The molecule has 0 spiro atoms. The average Bonchev–Trinajstić information content (AvgIpc) is 2.69. The molecule has 150 valence electrons. The summed E-state index contributed by atoms with van der Waals surface area (Å²) in [5, 5.41) is 2.76. The van der Waals surface area contributed by atoms with Crippen LogP contribution in [0.4, 0.5) is 11.4 Å². The molecule has 0 radical (unpaired) electrons. The number of aryl methyl sites for hydroxylation is 2. The third kappa shape index (κ3) is 5.05. The van der Waals surface area contributed by atoms with Crippen LogP contribution in [0.25, 0.3) is 0 Å². The summed E-state index contributed by atoms with van der Waals surface area (Å²) in [4.78, 5) is 12.8. The Balaban J connectivity index is 1.95. The zero-order chi connectivity index (χ0) is 21.0. The monoisotopic (exact) mass is 472 g/mol. The summed E-state index contributed by atoms with van der Waals surface area (Å²) in [7, 11) is -3.92. The molecule has 1 N–H and O–H groups in total. The van der Waals surface area contributed by atoms with E-state index in [0.717, 1.165) is 19.9 Å². The first-order valence-corrected chi connectivity index (χ1v) is 11.2. The number of hydrogen-bond acceptors (Lipinski definition) is 3. The van der Waals surface area contributed by atoms with Crippen molar-refractivity contribution in [2.45, 2.75) is 18.7 Å². The van der Waals surface area contributed by atoms with Crippen LogP contribution in [0, 0.1) is 13.8 Å². The summed E-state index contributed by atoms with van der Waals surface area (Å²) in [6, 6.07) is 20.8. The molecule has 0 atom stereocenters. The maximum absolute atomic E-state index is 13.3. The minimum Gasteiger partial charge on any atom is -0.323 e. The fourth-order valence-corrected chi connectivity index (χ4v) is 4.55. The van der Waals surface area contributed by atoms with E-state index in [1.54, 1.807) is 54.6 Å². The summed E-state index contributed by atoms with van der Waals surface area (Å²) in [5.74, 6) is -0.437. The van der Waals surface area contributed by atoms with Gasteiger partial charge in [-0.25, -0.2) is 8.42 Å². The Morgan fingerprint density at radius 3 is 2.03 bits per heavy atom. The van der Waals surface area contributed by atoms with E-state index in [9.17, 15) is 13.2 Å². The van der Waals surface area contributed by atoms with E-state index in [1.165, 1.54) is 0 Å². The lowest BCUT2D eigenvalue weighted by molar-refractivity contribution is -0.114. The molecule has 0 aliphatic heterocycles. The molecule has 0 bridgehead atoms. The Hall–Kier alpha value is -2.64. The van der Waals surface area contributed by atoms with Gasteiger partial charge in [-0.05, 0) is 66.2 Å². The van der Waals surface area contributed by atoms with Crippen LogP contribution in [0.15, 0.2) is 82.2 Å². The minimum absolute atomic E-state index is 0.136. The third-order valence-electron chi connectivity index (χ3n) is 4.37. The topological polar surface area (TPSA) is 66.5 Å². The normalized spacial score (nSPS) is 11.1. The predicted molar refractivity (Wildman–Crippen MR) is 120 cm³/mol. The van der Waals surface area contributed by atoms with Gasteiger partial charge in [0.05, 0.1) is 16.3 Å². The van der Waals surface area contributed by atoms with Crippen LogP contribution in [0.1, 0.15) is 11.1 Å². The van der Waals surface area contributed by atoms with E-state index in [2.05, 4.69) is 21.2 Å². The number of halogens is 1. The number of nitrogens with zero attached hydrogens (tertiary/aromatic N) is 1. The molecule has 0 aliphatic rings. The number of anilines is 2. The summed E-state index contributed by atoms with van der Waals surface area (Å²) < 4.78 is 28.5. The van der Waals surface area contributed by atoms with E-state index < -0.39 is 15.9 Å². The van der Waals surface area contributed by atoms with E-state index in [4.69, 9.17) is 0 Å². The highest BCUT2D eigenvalue weighted by Gasteiger charge is 2.27. The van der Waals surface area contributed by atoms with E-state index in [1.807, 2.05) is 32.0 Å². The molecule has 3 aromatic carbocycles. The van der Waals surface area contributed by atoms with Crippen molar-refractivity contribution in [2.75, 3.05) is 16.2 Å². The minimum atomic E-state index is -3.92. The summed E-state index contributed by atoms with van der Waals surface area (Å²) >= 11 is 3.38. The molecule has 29 heavy (non-hydrogen) atoms. The van der Waals surface area contributed by atoms with Crippen molar-refractivity contribution in [3.8, 4) is 0 Å². The first-order chi connectivity index (χ1) is 13.8. The Kier molecular flexibility index (Phi) is 6.39. The van der Waals surface area contributed by atoms with Crippen molar-refractivity contribution >= 4 is 43.2 Å². The molecule has 0 saturated heterocycles. The number of hydrogen-bond donors (Lipinski definition) is 1. The number of carbonyl (C=O) groups excluding carboxylic acids is 1. The molecule has 3 rings (SSSR count). The molecule has 0 unspecified atom stereocenters. The van der Waals surface area contributed by atoms with E-state index in [-0.39, 0.29) is 11.4 Å². The van der Waals surface area contributed by atoms with Crippen LogP contribution in [0.2, 0.25) is 0 Å². The zero-order valence-electron chi connectivity index (χ0n) is 16.1. The zero-order valence-corrected chi connectivity index (χ0v) is 18.5. The van der Waals surface area contributed by atoms with Crippen molar-refractivity contribution in [2.24, 2.45) is 0 Å². The van der Waals surface area contributed by atoms with Crippen molar-refractivity contribution in [1.82, 2.24) is 0 Å². The summed E-state index contributed by atoms with van der Waals surface area (Å²) in [6.45, 7) is 3.46. The van der Waals surface area contributed by atoms with Crippen LogP contribution in [-0.2, 0) is 14.8 Å². The fourth-order valence-electron chi connectivity index (χ4n) is 2.75. The second-order valence-electron chi connectivity index (χ2n) is 6.69. The SMILES string of the molecule is Cc1ccc(N(CC(=O)Nc2ccccc2Br)S(=O)(=O)c2ccc(C)cc2)cc1. The van der Waals surface area contributed by atoms with Gasteiger partial charge in [-0.1, -0.05) is 47.5 Å². The number of para-hydroxylation sites is 1. The first kappa shape index (κ1) is 21.1.